The van der Waals surface area contributed by atoms with Crippen molar-refractivity contribution in [3.05, 3.63) is 12.3 Å². The Morgan fingerprint density at radius 2 is 1.81 bits per heavy atom. The van der Waals surface area contributed by atoms with Crippen molar-refractivity contribution in [2.75, 3.05) is 0 Å². The van der Waals surface area contributed by atoms with Gasteiger partial charge in [-0.2, -0.15) is 13.2 Å². The first-order valence-corrected chi connectivity index (χ1v) is 22.9. The zero-order valence-electron chi connectivity index (χ0n) is 13.3. The van der Waals surface area contributed by atoms with Gasteiger partial charge in [0.1, 0.15) is 0 Å². The Kier molecular flexibility index (Phi) is 10.8. The number of rotatable bonds is 11. The normalized spacial score (nSPS) is 18.5. The molecule has 0 aromatic carbocycles. The molecule has 0 spiro atoms. The van der Waals surface area contributed by atoms with E-state index in [1.54, 1.807) is 0 Å². The molecule has 12 heteroatoms. The Balaban J connectivity index is 3.88. The van der Waals surface area contributed by atoms with Crippen LogP contribution in [0.4, 0.5) is 13.2 Å². The third-order valence-electron chi connectivity index (χ3n) is 2.89. The molecule has 126 valence electrons. The van der Waals surface area contributed by atoms with E-state index in [1.165, 1.54) is 0 Å². The van der Waals surface area contributed by atoms with Gasteiger partial charge in [-0.05, 0) is 32.2 Å². The van der Waals surface area contributed by atoms with E-state index in [9.17, 15) is 13.2 Å². The molecule has 0 saturated carbocycles. The zero-order valence-corrected chi connectivity index (χ0v) is 20.9. The maximum Gasteiger partial charge on any atom is 0.388 e. The van der Waals surface area contributed by atoms with Gasteiger partial charge in [-0.1, -0.05) is 5.70 Å². The van der Waals surface area contributed by atoms with Gasteiger partial charge in [-0.3, -0.25) is 0 Å². The highest BCUT2D eigenvalue weighted by molar-refractivity contribution is 7.24. The van der Waals surface area contributed by atoms with Crippen molar-refractivity contribution < 1.29 is 25.5 Å². The monoisotopic (exact) mass is 408 g/mol. The predicted octanol–water partition coefficient (Wildman–Crippen LogP) is 0.289. The summed E-state index contributed by atoms with van der Waals surface area (Å²) in [5.74, 6) is 0. The summed E-state index contributed by atoms with van der Waals surface area (Å²) < 4.78 is 54.0. The van der Waals surface area contributed by atoms with Crippen LogP contribution >= 0.6 is 0 Å². The van der Waals surface area contributed by atoms with Crippen LogP contribution in [0, 0.1) is 0 Å². The Morgan fingerprint density at radius 1 is 1.19 bits per heavy atom. The molecule has 0 aliphatic carbocycles. The molecule has 0 aliphatic rings. The quantitative estimate of drug-likeness (QED) is 0.363. The molecule has 0 radical (unpaired) electrons. The van der Waals surface area contributed by atoms with Crippen molar-refractivity contribution in [2.24, 2.45) is 0 Å². The molecular formula is C9H27F3O3Si6. The molecule has 0 saturated heterocycles. The van der Waals surface area contributed by atoms with Crippen molar-refractivity contribution in [3.63, 3.8) is 0 Å². The molecule has 2 atom stereocenters. The standard InChI is InChI=1S/C9H27F3O3Si6/c1-6-21(5,18-14-19(2)3)15-17-16-13-20(4)8-7-9(10,11)12/h6,19-20H,1,7-8,16-18H2,2-5H3. The van der Waals surface area contributed by atoms with Gasteiger partial charge in [0.25, 0.3) is 0 Å². The minimum Gasteiger partial charge on any atom is -0.463 e. The Bertz CT molecular complexity index is 307. The molecule has 3 nitrogen and oxygen atoms in total. The summed E-state index contributed by atoms with van der Waals surface area (Å²) in [4.78, 5) is 0. The molecule has 0 rings (SSSR count). The van der Waals surface area contributed by atoms with Crippen LogP contribution in [0.5, 0.6) is 0 Å². The van der Waals surface area contributed by atoms with Crippen LogP contribution in [-0.2, 0) is 12.3 Å². The van der Waals surface area contributed by atoms with Crippen LogP contribution in [0.1, 0.15) is 6.42 Å². The zero-order chi connectivity index (χ0) is 16.5. The summed E-state index contributed by atoms with van der Waals surface area (Å²) in [7, 11) is -6.63. The maximum absolute atomic E-state index is 12.1. The SMILES string of the molecule is C=C[Si](C)(O[SiH2][SiH2]O[SiH](C)CCC(F)(F)F)[SiH2]O[SiH](C)C. The summed E-state index contributed by atoms with van der Waals surface area (Å²) in [5, 5.41) is 0. The van der Waals surface area contributed by atoms with Crippen molar-refractivity contribution in [1.82, 2.24) is 0 Å². The maximum atomic E-state index is 12.1. The molecular weight excluding hydrogens is 382 g/mol. The lowest BCUT2D eigenvalue weighted by molar-refractivity contribution is -0.130. The lowest BCUT2D eigenvalue weighted by Gasteiger charge is -2.25. The predicted molar refractivity (Wildman–Crippen MR) is 98.1 cm³/mol. The second kappa shape index (κ2) is 10.5. The molecule has 0 bridgehead atoms. The number of hydrogen-bond donors (Lipinski definition) is 0. The highest BCUT2D eigenvalue weighted by Crippen LogP contribution is 2.22. The van der Waals surface area contributed by atoms with E-state index in [4.69, 9.17) is 12.3 Å². The fourth-order valence-electron chi connectivity index (χ4n) is 1.47. The van der Waals surface area contributed by atoms with Gasteiger partial charge in [-0.25, -0.2) is 0 Å². The molecule has 0 aromatic rings. The Labute approximate surface area is 136 Å². The van der Waals surface area contributed by atoms with Gasteiger partial charge in [0.05, 0.1) is 0 Å². The average molecular weight is 409 g/mol. The van der Waals surface area contributed by atoms with E-state index in [2.05, 4.69) is 26.2 Å². The number of halogens is 3. The number of hydrogen-bond acceptors (Lipinski definition) is 3. The van der Waals surface area contributed by atoms with E-state index >= 15 is 0 Å². The first kappa shape index (κ1) is 21.7. The molecule has 2 unspecified atom stereocenters. The van der Waals surface area contributed by atoms with Crippen LogP contribution in [0.15, 0.2) is 12.3 Å². The highest BCUT2D eigenvalue weighted by Gasteiger charge is 2.28. The van der Waals surface area contributed by atoms with Crippen LogP contribution in [0.3, 0.4) is 0 Å². The summed E-state index contributed by atoms with van der Waals surface area (Å²) in [6.07, 6.45) is -4.77. The number of alkyl halides is 3. The van der Waals surface area contributed by atoms with Gasteiger partial charge in [0.2, 0.25) is 7.83 Å². The topological polar surface area (TPSA) is 27.7 Å². The van der Waals surface area contributed by atoms with E-state index in [0.717, 1.165) is 0 Å². The third-order valence-corrected chi connectivity index (χ3v) is 26.0. The summed E-state index contributed by atoms with van der Waals surface area (Å²) >= 11 is 0. The second-order valence-corrected chi connectivity index (χ2v) is 25.3. The minimum absolute atomic E-state index is 0.178. The van der Waals surface area contributed by atoms with Gasteiger partial charge in [-0.15, -0.1) is 6.58 Å². The molecule has 0 aromatic heterocycles. The largest absolute Gasteiger partial charge is 0.463 e. The fraction of sp³-hybridized carbons (Fsp3) is 0.778. The smallest absolute Gasteiger partial charge is 0.388 e. The second-order valence-electron chi connectivity index (χ2n) is 5.56. The molecule has 0 fully saturated rings. The molecule has 21 heavy (non-hydrogen) atoms. The van der Waals surface area contributed by atoms with Crippen LogP contribution < -0.4 is 0 Å². The van der Waals surface area contributed by atoms with Crippen molar-refractivity contribution >= 4 is 53.8 Å². The van der Waals surface area contributed by atoms with Crippen molar-refractivity contribution in [1.29, 1.82) is 0 Å². The summed E-state index contributed by atoms with van der Waals surface area (Å²) in [5.41, 5.74) is 1.95. The first-order valence-electron chi connectivity index (χ1n) is 7.15. The Hall–Kier alpha value is 0.711. The summed E-state index contributed by atoms with van der Waals surface area (Å²) in [6, 6.07) is 0.178. The van der Waals surface area contributed by atoms with Crippen LogP contribution in [0.2, 0.25) is 32.2 Å². The summed E-state index contributed by atoms with van der Waals surface area (Å²) in [6.45, 7) is 12.1. The highest BCUT2D eigenvalue weighted by atomic mass is 29.2. The Morgan fingerprint density at radius 3 is 2.29 bits per heavy atom. The van der Waals surface area contributed by atoms with Gasteiger partial charge in [0.15, 0.2) is 45.9 Å². The van der Waals surface area contributed by atoms with E-state index in [1.807, 2.05) is 12.2 Å². The third kappa shape index (κ3) is 12.9. The molecule has 0 aliphatic heterocycles. The molecule has 0 heterocycles. The molecule has 0 N–H and O–H groups in total. The lowest BCUT2D eigenvalue weighted by atomic mass is 10.5. The van der Waals surface area contributed by atoms with Crippen LogP contribution in [-0.4, -0.2) is 59.9 Å². The van der Waals surface area contributed by atoms with E-state index in [0.29, 0.717) is 0 Å². The van der Waals surface area contributed by atoms with Gasteiger partial charge < -0.3 is 12.3 Å². The molecule has 0 amide bonds. The van der Waals surface area contributed by atoms with Crippen LogP contribution in [0.25, 0.3) is 0 Å². The van der Waals surface area contributed by atoms with E-state index < -0.39 is 66.4 Å². The first-order chi connectivity index (χ1) is 9.58. The fourth-order valence-corrected chi connectivity index (χ4v) is 31.1. The van der Waals surface area contributed by atoms with Gasteiger partial charge >= 0.3 is 6.18 Å². The van der Waals surface area contributed by atoms with Crippen molar-refractivity contribution in [2.45, 2.75) is 44.8 Å². The minimum atomic E-state index is -4.06. The lowest BCUT2D eigenvalue weighted by Crippen LogP contribution is -2.45. The van der Waals surface area contributed by atoms with Crippen molar-refractivity contribution in [3.8, 4) is 0 Å². The van der Waals surface area contributed by atoms with Gasteiger partial charge in [0, 0.05) is 6.42 Å². The van der Waals surface area contributed by atoms with E-state index in [-0.39, 0.29) is 6.04 Å². The average Bonchev–Trinajstić information content (AvgIpc) is 2.38.